The van der Waals surface area contributed by atoms with Crippen LogP contribution in [0.25, 0.3) is 11.1 Å². The molecule has 4 heteroatoms. The summed E-state index contributed by atoms with van der Waals surface area (Å²) in [4.78, 5) is 3.63. The molecule has 4 rings (SSSR count). The van der Waals surface area contributed by atoms with Gasteiger partial charge in [-0.15, -0.1) is 11.8 Å². The Kier molecular flexibility index (Phi) is 7.37. The first-order valence-electron chi connectivity index (χ1n) is 11.4. The van der Waals surface area contributed by atoms with E-state index in [1.165, 1.54) is 22.4 Å². The molecule has 30 heavy (non-hydrogen) atoms. The summed E-state index contributed by atoms with van der Waals surface area (Å²) in [5.41, 5.74) is 1.51. The summed E-state index contributed by atoms with van der Waals surface area (Å²) in [6.07, 6.45) is 9.15. The lowest BCUT2D eigenvalue weighted by atomic mass is 9.85. The Hall–Kier alpha value is -1.52. The zero-order valence-corrected chi connectivity index (χ0v) is 18.9. The molecule has 0 amide bonds. The number of ether oxygens (including phenoxy) is 1. The van der Waals surface area contributed by atoms with Gasteiger partial charge in [-0.3, -0.25) is 0 Å². The van der Waals surface area contributed by atoms with E-state index in [0.29, 0.717) is 12.5 Å². The first kappa shape index (κ1) is 21.7. The minimum Gasteiger partial charge on any atom is -0.493 e. The Balaban J connectivity index is 1.21. The van der Waals surface area contributed by atoms with Gasteiger partial charge in [-0.1, -0.05) is 43.5 Å². The lowest BCUT2D eigenvalue weighted by Gasteiger charge is -2.38. The van der Waals surface area contributed by atoms with Crippen LogP contribution in [0.3, 0.4) is 0 Å². The van der Waals surface area contributed by atoms with Crippen molar-refractivity contribution < 1.29 is 9.13 Å². The van der Waals surface area contributed by atoms with Crippen LogP contribution in [0, 0.1) is 5.92 Å². The lowest BCUT2D eigenvalue weighted by Crippen LogP contribution is -2.45. The highest BCUT2D eigenvalue weighted by Crippen LogP contribution is 2.33. The van der Waals surface area contributed by atoms with E-state index in [-0.39, 0.29) is 0 Å². The third kappa shape index (κ3) is 5.79. The van der Waals surface area contributed by atoms with Crippen molar-refractivity contribution in [2.75, 3.05) is 32.5 Å². The molecule has 1 aliphatic heterocycles. The molecule has 0 aromatic heterocycles. The fourth-order valence-corrected chi connectivity index (χ4v) is 5.20. The molecule has 2 aliphatic rings. The predicted octanol–water partition coefficient (Wildman–Crippen LogP) is 6.84. The average Bonchev–Trinajstić information content (AvgIpc) is 2.79. The van der Waals surface area contributed by atoms with E-state index >= 15 is 0 Å². The van der Waals surface area contributed by atoms with Crippen LogP contribution in [0.15, 0.2) is 53.4 Å². The number of halogens is 1. The number of alkyl halides is 1. The van der Waals surface area contributed by atoms with Crippen molar-refractivity contribution in [2.45, 2.75) is 55.5 Å². The van der Waals surface area contributed by atoms with Crippen molar-refractivity contribution in [1.29, 1.82) is 0 Å². The third-order valence-corrected chi connectivity index (χ3v) is 7.47. The van der Waals surface area contributed by atoms with Crippen LogP contribution in [0.5, 0.6) is 5.75 Å². The summed E-state index contributed by atoms with van der Waals surface area (Å²) in [5, 5.41) is 0. The van der Waals surface area contributed by atoms with Crippen LogP contribution in [0.1, 0.15) is 44.9 Å². The molecule has 0 radical (unpaired) electrons. The number of piperidine rings is 1. The van der Waals surface area contributed by atoms with Gasteiger partial charge in [-0.05, 0) is 86.3 Å². The molecule has 0 spiro atoms. The van der Waals surface area contributed by atoms with Gasteiger partial charge in [0.25, 0.3) is 0 Å². The lowest BCUT2D eigenvalue weighted by molar-refractivity contribution is 0.0363. The molecule has 1 saturated heterocycles. The number of rotatable bonds is 7. The highest BCUT2D eigenvalue weighted by atomic mass is 32.2. The average molecular weight is 428 g/mol. The van der Waals surface area contributed by atoms with Gasteiger partial charge in [0, 0.05) is 11.4 Å². The summed E-state index contributed by atoms with van der Waals surface area (Å²) >= 11 is 1.76. The van der Waals surface area contributed by atoms with E-state index in [9.17, 15) is 4.39 Å². The van der Waals surface area contributed by atoms with Crippen molar-refractivity contribution >= 4 is 11.8 Å². The van der Waals surface area contributed by atoms with Gasteiger partial charge in [0.05, 0.1) is 6.61 Å². The highest BCUT2D eigenvalue weighted by molar-refractivity contribution is 7.98. The monoisotopic (exact) mass is 427 g/mol. The summed E-state index contributed by atoms with van der Waals surface area (Å²) in [5.74, 6) is 1.51. The van der Waals surface area contributed by atoms with Crippen LogP contribution >= 0.6 is 11.8 Å². The molecule has 0 N–H and O–H groups in total. The fourth-order valence-electron chi connectivity index (χ4n) is 4.80. The molecule has 1 aliphatic carbocycles. The van der Waals surface area contributed by atoms with E-state index in [1.807, 2.05) is 0 Å². The second-order valence-corrected chi connectivity index (χ2v) is 9.87. The normalized spacial score (nSPS) is 20.2. The first-order chi connectivity index (χ1) is 14.6. The molecule has 162 valence electrons. The number of hydrogen-bond donors (Lipinski definition) is 0. The Labute approximate surface area is 185 Å². The molecule has 2 nitrogen and oxygen atoms in total. The Morgan fingerprint density at radius 2 is 1.53 bits per heavy atom. The van der Waals surface area contributed by atoms with Crippen molar-refractivity contribution in [3.8, 4) is 16.9 Å². The van der Waals surface area contributed by atoms with Crippen molar-refractivity contribution in [3.05, 3.63) is 48.5 Å². The van der Waals surface area contributed by atoms with Crippen molar-refractivity contribution in [3.63, 3.8) is 0 Å². The number of benzene rings is 2. The largest absolute Gasteiger partial charge is 0.493 e. The van der Waals surface area contributed by atoms with Crippen LogP contribution < -0.4 is 4.74 Å². The summed E-state index contributed by atoms with van der Waals surface area (Å²) in [7, 11) is 0. The van der Waals surface area contributed by atoms with Crippen LogP contribution in [-0.4, -0.2) is 43.1 Å². The third-order valence-electron chi connectivity index (χ3n) is 6.73. The summed E-state index contributed by atoms with van der Waals surface area (Å²) in [6.45, 7) is 3.41. The number of likely N-dealkylation sites (tertiary alicyclic amines) is 1. The minimum atomic E-state index is -0.932. The molecular weight excluding hydrogens is 393 g/mol. The van der Waals surface area contributed by atoms with Gasteiger partial charge in [-0.25, -0.2) is 4.39 Å². The highest BCUT2D eigenvalue weighted by Gasteiger charge is 2.34. The zero-order valence-electron chi connectivity index (χ0n) is 18.1. The molecule has 0 unspecified atom stereocenters. The second-order valence-electron chi connectivity index (χ2n) is 8.99. The maximum Gasteiger partial charge on any atom is 0.123 e. The Morgan fingerprint density at radius 3 is 2.13 bits per heavy atom. The topological polar surface area (TPSA) is 12.5 Å². The standard InChI is InChI=1S/C26H34FNOS/c1-30-25-11-7-23(8-12-25)22-5-9-24(10-6-22)29-19-21-13-17-28(18-14-21)20-26(27)15-3-2-4-16-26/h5-12,21H,2-4,13-20H2,1H3. The van der Waals surface area contributed by atoms with E-state index in [0.717, 1.165) is 64.0 Å². The SMILES string of the molecule is CSc1ccc(-c2ccc(OCC3CCN(CC4(F)CCCCC4)CC3)cc2)cc1. The smallest absolute Gasteiger partial charge is 0.123 e. The molecule has 2 fully saturated rings. The fraction of sp³-hybridized carbons (Fsp3) is 0.538. The van der Waals surface area contributed by atoms with Crippen molar-refractivity contribution in [1.82, 2.24) is 4.90 Å². The maximum absolute atomic E-state index is 14.9. The summed E-state index contributed by atoms with van der Waals surface area (Å²) < 4.78 is 21.0. The van der Waals surface area contributed by atoms with Gasteiger partial charge in [0.1, 0.15) is 11.4 Å². The maximum atomic E-state index is 14.9. The predicted molar refractivity (Wildman–Crippen MR) is 125 cm³/mol. The van der Waals surface area contributed by atoms with Gasteiger partial charge in [0.2, 0.25) is 0 Å². The number of hydrogen-bond acceptors (Lipinski definition) is 3. The van der Waals surface area contributed by atoms with E-state index in [2.05, 4.69) is 59.7 Å². The van der Waals surface area contributed by atoms with E-state index in [1.54, 1.807) is 11.8 Å². The van der Waals surface area contributed by atoms with Crippen LogP contribution in [0.4, 0.5) is 4.39 Å². The molecule has 1 heterocycles. The molecule has 0 atom stereocenters. The Morgan fingerprint density at radius 1 is 0.933 bits per heavy atom. The second kappa shape index (κ2) is 10.2. The number of nitrogens with zero attached hydrogens (tertiary/aromatic N) is 1. The van der Waals surface area contributed by atoms with E-state index < -0.39 is 5.67 Å². The van der Waals surface area contributed by atoms with Crippen LogP contribution in [-0.2, 0) is 0 Å². The van der Waals surface area contributed by atoms with Gasteiger partial charge in [-0.2, -0.15) is 0 Å². The Bertz CT molecular complexity index is 778. The first-order valence-corrected chi connectivity index (χ1v) is 12.6. The molecule has 1 saturated carbocycles. The van der Waals surface area contributed by atoms with Gasteiger partial charge < -0.3 is 9.64 Å². The quantitative estimate of drug-likeness (QED) is 0.449. The summed E-state index contributed by atoms with van der Waals surface area (Å²) in [6, 6.07) is 17.1. The van der Waals surface area contributed by atoms with E-state index in [4.69, 9.17) is 4.74 Å². The molecule has 2 aromatic carbocycles. The van der Waals surface area contributed by atoms with Crippen molar-refractivity contribution in [2.24, 2.45) is 5.92 Å². The minimum absolute atomic E-state index is 0.571. The molecule has 0 bridgehead atoms. The molecule has 2 aromatic rings. The molecular formula is C26H34FNOS. The van der Waals surface area contributed by atoms with Crippen LogP contribution in [0.2, 0.25) is 0 Å². The zero-order chi connectivity index (χ0) is 20.8. The number of thioether (sulfide) groups is 1. The van der Waals surface area contributed by atoms with Gasteiger partial charge in [0.15, 0.2) is 0 Å². The van der Waals surface area contributed by atoms with Gasteiger partial charge >= 0.3 is 0 Å².